The maximum Gasteiger partial charge on any atom is 0.291 e. The number of hydrogen-bond donors (Lipinski definition) is 3. The summed E-state index contributed by atoms with van der Waals surface area (Å²) >= 11 is 0. The number of anilines is 1. The molecule has 1 aliphatic rings. The van der Waals surface area contributed by atoms with Gasteiger partial charge in [-0.05, 0) is 17.7 Å². The maximum atomic E-state index is 12.4. The lowest BCUT2D eigenvalue weighted by Crippen LogP contribution is -2.46. The topological polar surface area (TPSA) is 109 Å². The van der Waals surface area contributed by atoms with Gasteiger partial charge in [0.2, 0.25) is 5.82 Å². The van der Waals surface area contributed by atoms with Crippen molar-refractivity contribution in [2.45, 2.75) is 12.5 Å². The minimum atomic E-state index is -0.846. The molecule has 0 bridgehead atoms. The van der Waals surface area contributed by atoms with Gasteiger partial charge < -0.3 is 15.4 Å². The first-order chi connectivity index (χ1) is 13.2. The molecule has 0 spiro atoms. The quantitative estimate of drug-likeness (QED) is 0.651. The van der Waals surface area contributed by atoms with E-state index >= 15 is 0 Å². The smallest absolute Gasteiger partial charge is 0.291 e. The molecule has 136 valence electrons. The van der Waals surface area contributed by atoms with Crippen molar-refractivity contribution >= 4 is 17.5 Å². The summed E-state index contributed by atoms with van der Waals surface area (Å²) in [6.07, 6.45) is 0.531. The molecule has 3 N–H and O–H groups in total. The van der Waals surface area contributed by atoms with Crippen LogP contribution in [0.1, 0.15) is 22.0 Å². The van der Waals surface area contributed by atoms with Crippen LogP contribution in [0.15, 0.2) is 54.6 Å². The van der Waals surface area contributed by atoms with Gasteiger partial charge in [0.15, 0.2) is 0 Å². The van der Waals surface area contributed by atoms with Crippen LogP contribution in [0, 0.1) is 0 Å². The molecule has 8 nitrogen and oxygen atoms in total. The highest BCUT2D eigenvalue weighted by atomic mass is 16.5. The summed E-state index contributed by atoms with van der Waals surface area (Å²) in [5.41, 5.74) is 1.62. The molecular weight excluding hydrogens is 346 g/mol. The highest BCUT2D eigenvalue weighted by molar-refractivity contribution is 6.01. The van der Waals surface area contributed by atoms with Crippen LogP contribution in [0.4, 0.5) is 5.69 Å². The molecule has 0 saturated carbocycles. The monoisotopic (exact) mass is 363 g/mol. The summed E-state index contributed by atoms with van der Waals surface area (Å²) in [7, 11) is 0. The standard InChI is InChI=1S/C19H17N5O3/c25-18-14(11-27-15-9-5-4-8-13(15)20-18)21-19(26)17-22-16(23-24-17)10-12-6-2-1-3-7-12/h1-9,14H,10-11H2,(H,20,25)(H,21,26)(H,22,23,24). The van der Waals surface area contributed by atoms with Crippen LogP contribution in [-0.2, 0) is 11.2 Å². The van der Waals surface area contributed by atoms with E-state index in [-0.39, 0.29) is 18.3 Å². The van der Waals surface area contributed by atoms with Crippen LogP contribution in [0.3, 0.4) is 0 Å². The normalized spacial score (nSPS) is 15.9. The number of rotatable bonds is 4. The Hall–Kier alpha value is -3.68. The Labute approximate surface area is 155 Å². The van der Waals surface area contributed by atoms with Crippen molar-refractivity contribution in [1.82, 2.24) is 20.5 Å². The van der Waals surface area contributed by atoms with Crippen LogP contribution < -0.4 is 15.4 Å². The van der Waals surface area contributed by atoms with Crippen molar-refractivity contribution in [2.24, 2.45) is 0 Å². The fourth-order valence-electron chi connectivity index (χ4n) is 2.76. The van der Waals surface area contributed by atoms with Crippen LogP contribution in [0.5, 0.6) is 5.75 Å². The van der Waals surface area contributed by atoms with E-state index in [2.05, 4.69) is 25.8 Å². The fraction of sp³-hybridized carbons (Fsp3) is 0.158. The lowest BCUT2D eigenvalue weighted by molar-refractivity contribution is -0.118. The van der Waals surface area contributed by atoms with E-state index in [1.165, 1.54) is 0 Å². The largest absolute Gasteiger partial charge is 0.489 e. The maximum absolute atomic E-state index is 12.4. The van der Waals surface area contributed by atoms with Gasteiger partial charge in [0.1, 0.15) is 24.2 Å². The summed E-state index contributed by atoms with van der Waals surface area (Å²) in [4.78, 5) is 29.0. The van der Waals surface area contributed by atoms with Gasteiger partial charge in [0.25, 0.3) is 11.8 Å². The van der Waals surface area contributed by atoms with Crippen LogP contribution in [0.25, 0.3) is 0 Å². The summed E-state index contributed by atoms with van der Waals surface area (Å²) in [5, 5.41) is 12.1. The number of nitrogens with zero attached hydrogens (tertiary/aromatic N) is 2. The second-order valence-electron chi connectivity index (χ2n) is 6.09. The van der Waals surface area contributed by atoms with E-state index in [4.69, 9.17) is 4.74 Å². The van der Waals surface area contributed by atoms with Crippen molar-refractivity contribution in [3.63, 3.8) is 0 Å². The van der Waals surface area contributed by atoms with Gasteiger partial charge >= 0.3 is 0 Å². The lowest BCUT2D eigenvalue weighted by Gasteiger charge is -2.13. The molecule has 1 atom stereocenters. The SMILES string of the molecule is O=C(NC1COc2ccccc2NC1=O)c1n[nH]c(Cc2ccccc2)n1. The van der Waals surface area contributed by atoms with Crippen molar-refractivity contribution < 1.29 is 14.3 Å². The minimum Gasteiger partial charge on any atom is -0.489 e. The van der Waals surface area contributed by atoms with E-state index in [0.29, 0.717) is 23.7 Å². The number of H-pyrrole nitrogens is 1. The second kappa shape index (κ2) is 7.28. The van der Waals surface area contributed by atoms with Gasteiger partial charge in [0, 0.05) is 6.42 Å². The molecule has 3 aromatic rings. The number of aromatic amines is 1. The highest BCUT2D eigenvalue weighted by Gasteiger charge is 2.27. The Morgan fingerprint density at radius 1 is 1.15 bits per heavy atom. The number of nitrogens with one attached hydrogen (secondary N) is 3. The minimum absolute atomic E-state index is 0.0181. The number of carbonyl (C=O) groups excluding carboxylic acids is 2. The molecule has 0 fully saturated rings. The predicted octanol–water partition coefficient (Wildman–Crippen LogP) is 1.52. The molecule has 1 unspecified atom stereocenters. The Balaban J connectivity index is 1.41. The Morgan fingerprint density at radius 2 is 1.93 bits per heavy atom. The highest BCUT2D eigenvalue weighted by Crippen LogP contribution is 2.26. The molecule has 0 aliphatic carbocycles. The Morgan fingerprint density at radius 3 is 2.78 bits per heavy atom. The van der Waals surface area contributed by atoms with Gasteiger partial charge in [-0.1, -0.05) is 42.5 Å². The zero-order valence-electron chi connectivity index (χ0n) is 14.3. The van der Waals surface area contributed by atoms with Crippen molar-refractivity contribution in [2.75, 3.05) is 11.9 Å². The molecule has 2 aromatic carbocycles. The van der Waals surface area contributed by atoms with Crippen LogP contribution in [0.2, 0.25) is 0 Å². The van der Waals surface area contributed by atoms with E-state index in [9.17, 15) is 9.59 Å². The second-order valence-corrected chi connectivity index (χ2v) is 6.09. The summed E-state index contributed by atoms with van der Waals surface area (Å²) < 4.78 is 5.61. The summed E-state index contributed by atoms with van der Waals surface area (Å²) in [6.45, 7) is 0.0237. The third-order valence-corrected chi connectivity index (χ3v) is 4.12. The number of aromatic nitrogens is 3. The Kier molecular flexibility index (Phi) is 4.52. The molecule has 2 heterocycles. The summed E-state index contributed by atoms with van der Waals surface area (Å²) in [6, 6.07) is 16.0. The van der Waals surface area contributed by atoms with Crippen LogP contribution in [-0.4, -0.2) is 39.6 Å². The number of benzene rings is 2. The molecule has 1 aromatic heterocycles. The molecule has 0 radical (unpaired) electrons. The van der Waals surface area contributed by atoms with Gasteiger partial charge in [-0.25, -0.2) is 4.98 Å². The van der Waals surface area contributed by atoms with E-state index < -0.39 is 11.9 Å². The number of carbonyl (C=O) groups is 2. The third-order valence-electron chi connectivity index (χ3n) is 4.12. The number of fused-ring (bicyclic) bond motifs is 1. The van der Waals surface area contributed by atoms with E-state index in [1.807, 2.05) is 36.4 Å². The first-order valence-corrected chi connectivity index (χ1v) is 8.48. The molecule has 4 rings (SSSR count). The molecule has 2 amide bonds. The van der Waals surface area contributed by atoms with Crippen molar-refractivity contribution in [1.29, 1.82) is 0 Å². The zero-order valence-corrected chi connectivity index (χ0v) is 14.3. The molecule has 8 heteroatoms. The van der Waals surface area contributed by atoms with Gasteiger partial charge in [0.05, 0.1) is 5.69 Å². The molecule has 0 saturated heterocycles. The van der Waals surface area contributed by atoms with Gasteiger partial charge in [-0.2, -0.15) is 0 Å². The number of para-hydroxylation sites is 2. The average Bonchev–Trinajstić information content (AvgIpc) is 3.09. The van der Waals surface area contributed by atoms with E-state index in [0.717, 1.165) is 5.56 Å². The average molecular weight is 363 g/mol. The lowest BCUT2D eigenvalue weighted by atomic mass is 10.1. The number of amides is 2. The zero-order chi connectivity index (χ0) is 18.6. The Bertz CT molecular complexity index is 970. The van der Waals surface area contributed by atoms with Crippen molar-refractivity contribution in [3.8, 4) is 5.75 Å². The van der Waals surface area contributed by atoms with Crippen LogP contribution >= 0.6 is 0 Å². The first-order valence-electron chi connectivity index (χ1n) is 8.48. The summed E-state index contributed by atoms with van der Waals surface area (Å²) in [5.74, 6) is 0.218. The molecule has 1 aliphatic heterocycles. The number of ether oxygens (including phenoxy) is 1. The number of hydrogen-bond acceptors (Lipinski definition) is 5. The van der Waals surface area contributed by atoms with E-state index in [1.54, 1.807) is 18.2 Å². The van der Waals surface area contributed by atoms with Crippen molar-refractivity contribution in [3.05, 3.63) is 71.8 Å². The van der Waals surface area contributed by atoms with Gasteiger partial charge in [-0.3, -0.25) is 14.7 Å². The predicted molar refractivity (Wildman–Crippen MR) is 97.5 cm³/mol. The fourth-order valence-corrected chi connectivity index (χ4v) is 2.76. The third kappa shape index (κ3) is 3.79. The molecule has 27 heavy (non-hydrogen) atoms. The molecular formula is C19H17N5O3. The van der Waals surface area contributed by atoms with Gasteiger partial charge in [-0.15, -0.1) is 5.10 Å². The first kappa shape index (κ1) is 16.8.